The fourth-order valence-corrected chi connectivity index (χ4v) is 1.72. The first-order valence-electron chi connectivity index (χ1n) is 4.07. The maximum atomic E-state index is 3.34. The molecule has 0 radical (unpaired) electrons. The van der Waals surface area contributed by atoms with E-state index in [4.69, 9.17) is 0 Å². The lowest BCUT2D eigenvalue weighted by atomic mass is 9.90. The molecule has 1 heterocycles. The Hall–Kier alpha value is -0.980. The molecule has 1 nitrogen and oxygen atoms in total. The third-order valence-corrected chi connectivity index (χ3v) is 2.43. The van der Waals surface area contributed by atoms with Crippen LogP contribution in [0.2, 0.25) is 0 Å². The molecule has 0 saturated carbocycles. The van der Waals surface area contributed by atoms with Crippen LogP contribution in [0, 0.1) is 5.92 Å². The summed E-state index contributed by atoms with van der Waals surface area (Å²) in [7, 11) is 0. The lowest BCUT2D eigenvalue weighted by molar-refractivity contribution is 0.628. The van der Waals surface area contributed by atoms with Crippen molar-refractivity contribution in [2.75, 3.05) is 0 Å². The largest absolute Gasteiger partial charge is 0.384 e. The summed E-state index contributed by atoms with van der Waals surface area (Å²) >= 11 is 0. The van der Waals surface area contributed by atoms with Gasteiger partial charge in [-0.3, -0.25) is 0 Å². The van der Waals surface area contributed by atoms with E-state index in [2.05, 4.69) is 43.6 Å². The second-order valence-electron chi connectivity index (χ2n) is 3.38. The number of fused-ring (bicyclic) bond motifs is 1. The van der Waals surface area contributed by atoms with Crippen LogP contribution in [0.5, 0.6) is 0 Å². The van der Waals surface area contributed by atoms with Gasteiger partial charge in [0, 0.05) is 5.92 Å². The average Bonchev–Trinajstić information content (AvgIpc) is 2.33. The van der Waals surface area contributed by atoms with Crippen LogP contribution in [0.1, 0.15) is 13.8 Å². The SMILES string of the molecule is CC1=CC2C(C)=CNC2C=C1. The van der Waals surface area contributed by atoms with Gasteiger partial charge < -0.3 is 5.32 Å². The Morgan fingerprint density at radius 3 is 3.00 bits per heavy atom. The highest BCUT2D eigenvalue weighted by Crippen LogP contribution is 2.27. The molecule has 11 heavy (non-hydrogen) atoms. The minimum Gasteiger partial charge on any atom is -0.384 e. The van der Waals surface area contributed by atoms with Crippen molar-refractivity contribution in [3.05, 3.63) is 35.6 Å². The van der Waals surface area contributed by atoms with Gasteiger partial charge in [0.15, 0.2) is 0 Å². The van der Waals surface area contributed by atoms with Gasteiger partial charge in [-0.05, 0) is 25.6 Å². The van der Waals surface area contributed by atoms with Gasteiger partial charge in [-0.15, -0.1) is 0 Å². The average molecular weight is 147 g/mol. The minimum absolute atomic E-state index is 0.527. The van der Waals surface area contributed by atoms with Gasteiger partial charge in [0.2, 0.25) is 0 Å². The Kier molecular flexibility index (Phi) is 1.38. The van der Waals surface area contributed by atoms with Crippen molar-refractivity contribution in [3.63, 3.8) is 0 Å². The van der Waals surface area contributed by atoms with E-state index in [1.165, 1.54) is 11.1 Å². The van der Waals surface area contributed by atoms with Gasteiger partial charge in [0.05, 0.1) is 6.04 Å². The van der Waals surface area contributed by atoms with Crippen molar-refractivity contribution < 1.29 is 0 Å². The molecule has 1 N–H and O–H groups in total. The second-order valence-corrected chi connectivity index (χ2v) is 3.38. The summed E-state index contributed by atoms with van der Waals surface area (Å²) in [5.74, 6) is 0.611. The van der Waals surface area contributed by atoms with E-state index >= 15 is 0 Å². The summed E-state index contributed by atoms with van der Waals surface area (Å²) in [5.41, 5.74) is 2.82. The summed E-state index contributed by atoms with van der Waals surface area (Å²) < 4.78 is 0. The van der Waals surface area contributed by atoms with Gasteiger partial charge in [0.1, 0.15) is 0 Å². The molecule has 0 bridgehead atoms. The predicted molar refractivity (Wildman–Crippen MR) is 47.1 cm³/mol. The van der Waals surface area contributed by atoms with Crippen molar-refractivity contribution in [2.45, 2.75) is 19.9 Å². The topological polar surface area (TPSA) is 12.0 Å². The normalized spacial score (nSPS) is 34.0. The van der Waals surface area contributed by atoms with E-state index in [1.807, 2.05) is 0 Å². The number of allylic oxidation sites excluding steroid dienone is 2. The van der Waals surface area contributed by atoms with Crippen molar-refractivity contribution >= 4 is 0 Å². The van der Waals surface area contributed by atoms with E-state index < -0.39 is 0 Å². The maximum Gasteiger partial charge on any atom is 0.0542 e. The molecule has 2 atom stereocenters. The number of nitrogens with one attached hydrogen (secondary N) is 1. The molecule has 0 fully saturated rings. The van der Waals surface area contributed by atoms with Crippen LogP contribution < -0.4 is 5.32 Å². The molecule has 2 rings (SSSR count). The third-order valence-electron chi connectivity index (χ3n) is 2.43. The highest BCUT2D eigenvalue weighted by atomic mass is 14.9. The van der Waals surface area contributed by atoms with Gasteiger partial charge in [-0.25, -0.2) is 0 Å². The molecule has 1 heteroatoms. The van der Waals surface area contributed by atoms with Gasteiger partial charge in [-0.1, -0.05) is 23.8 Å². The van der Waals surface area contributed by atoms with Gasteiger partial charge in [0.25, 0.3) is 0 Å². The molecule has 2 aliphatic rings. The first-order chi connectivity index (χ1) is 5.27. The zero-order chi connectivity index (χ0) is 7.84. The fourth-order valence-electron chi connectivity index (χ4n) is 1.72. The minimum atomic E-state index is 0.527. The molecule has 0 aromatic rings. The summed E-state index contributed by atoms with van der Waals surface area (Å²) in [6.07, 6.45) is 8.87. The Labute approximate surface area is 67.5 Å². The van der Waals surface area contributed by atoms with Crippen LogP contribution >= 0.6 is 0 Å². The first-order valence-corrected chi connectivity index (χ1v) is 4.07. The molecule has 2 unspecified atom stereocenters. The van der Waals surface area contributed by atoms with E-state index in [0.717, 1.165) is 0 Å². The Morgan fingerprint density at radius 2 is 2.18 bits per heavy atom. The fraction of sp³-hybridized carbons (Fsp3) is 0.400. The van der Waals surface area contributed by atoms with Crippen LogP contribution in [0.15, 0.2) is 35.6 Å². The molecular formula is C10H13N. The molecule has 58 valence electrons. The summed E-state index contributed by atoms with van der Waals surface area (Å²) in [4.78, 5) is 0. The van der Waals surface area contributed by atoms with Crippen molar-refractivity contribution in [1.82, 2.24) is 5.32 Å². The first kappa shape index (κ1) is 6.71. The zero-order valence-electron chi connectivity index (χ0n) is 6.96. The third kappa shape index (κ3) is 1.01. The highest BCUT2D eigenvalue weighted by molar-refractivity contribution is 5.34. The lowest BCUT2D eigenvalue weighted by Gasteiger charge is -2.19. The second kappa shape index (κ2) is 2.26. The molecule has 1 aliphatic heterocycles. The van der Waals surface area contributed by atoms with E-state index in [0.29, 0.717) is 12.0 Å². The Bertz CT molecular complexity index is 258. The molecule has 1 aliphatic carbocycles. The smallest absolute Gasteiger partial charge is 0.0542 e. The monoisotopic (exact) mass is 147 g/mol. The maximum absolute atomic E-state index is 3.34. The molecule has 0 aromatic carbocycles. The predicted octanol–water partition coefficient (Wildman–Crippen LogP) is 1.99. The van der Waals surface area contributed by atoms with Crippen molar-refractivity contribution in [1.29, 1.82) is 0 Å². The molecule has 0 saturated heterocycles. The molecule has 0 aromatic heterocycles. The molecular weight excluding hydrogens is 134 g/mol. The molecule has 0 amide bonds. The Balaban J connectivity index is 2.29. The van der Waals surface area contributed by atoms with Crippen molar-refractivity contribution in [2.24, 2.45) is 5.92 Å². The van der Waals surface area contributed by atoms with Gasteiger partial charge in [-0.2, -0.15) is 0 Å². The summed E-state index contributed by atoms with van der Waals surface area (Å²) in [6, 6.07) is 0.527. The van der Waals surface area contributed by atoms with Crippen molar-refractivity contribution in [3.8, 4) is 0 Å². The highest BCUT2D eigenvalue weighted by Gasteiger charge is 2.24. The zero-order valence-corrected chi connectivity index (χ0v) is 6.96. The standard InChI is InChI=1S/C10H13N/c1-7-3-4-10-9(5-7)8(2)6-11-10/h3-6,9-11H,1-2H3. The Morgan fingerprint density at radius 1 is 1.36 bits per heavy atom. The number of hydrogen-bond acceptors (Lipinski definition) is 1. The quantitative estimate of drug-likeness (QED) is 0.552. The summed E-state index contributed by atoms with van der Waals surface area (Å²) in [5, 5.41) is 3.34. The van der Waals surface area contributed by atoms with Crippen LogP contribution in [0.3, 0.4) is 0 Å². The van der Waals surface area contributed by atoms with Gasteiger partial charge >= 0.3 is 0 Å². The van der Waals surface area contributed by atoms with E-state index in [1.54, 1.807) is 0 Å². The van der Waals surface area contributed by atoms with Crippen LogP contribution in [0.4, 0.5) is 0 Å². The van der Waals surface area contributed by atoms with E-state index in [9.17, 15) is 0 Å². The molecule has 0 spiro atoms. The number of rotatable bonds is 0. The van der Waals surface area contributed by atoms with E-state index in [-0.39, 0.29) is 0 Å². The summed E-state index contributed by atoms with van der Waals surface area (Å²) in [6.45, 7) is 4.33. The lowest BCUT2D eigenvalue weighted by Crippen LogP contribution is -2.25. The van der Waals surface area contributed by atoms with Crippen LogP contribution in [-0.2, 0) is 0 Å². The van der Waals surface area contributed by atoms with Crippen LogP contribution in [0.25, 0.3) is 0 Å². The van der Waals surface area contributed by atoms with Crippen LogP contribution in [-0.4, -0.2) is 6.04 Å². The number of hydrogen-bond donors (Lipinski definition) is 1.